The number of aryl methyl sites for hydroxylation is 1. The van der Waals surface area contributed by atoms with Crippen LogP contribution in [0.3, 0.4) is 0 Å². The van der Waals surface area contributed by atoms with Gasteiger partial charge < -0.3 is 4.40 Å². The molecular weight excluding hydrogens is 326 g/mol. The van der Waals surface area contributed by atoms with Gasteiger partial charge in [0, 0.05) is 17.5 Å². The van der Waals surface area contributed by atoms with Crippen LogP contribution in [-0.2, 0) is 16.6 Å². The Kier molecular flexibility index (Phi) is 4.21. The zero-order valence-electron chi connectivity index (χ0n) is 13.4. The molecule has 0 aliphatic rings. The molecule has 1 N–H and O–H groups in total. The van der Waals surface area contributed by atoms with E-state index in [-0.39, 0.29) is 17.2 Å². The number of fused-ring (bicyclic) bond motifs is 1. The maximum absolute atomic E-state index is 12.4. The zero-order valence-corrected chi connectivity index (χ0v) is 14.2. The first-order chi connectivity index (χ1) is 11.4. The van der Waals surface area contributed by atoms with Gasteiger partial charge >= 0.3 is 0 Å². The van der Waals surface area contributed by atoms with Crippen LogP contribution in [0.1, 0.15) is 28.7 Å². The second-order valence-corrected chi connectivity index (χ2v) is 7.30. The lowest BCUT2D eigenvalue weighted by atomic mass is 10.2. The number of pyridine rings is 1. The predicted octanol–water partition coefficient (Wildman–Crippen LogP) is 2.32. The fourth-order valence-electron chi connectivity index (χ4n) is 2.42. The van der Waals surface area contributed by atoms with Gasteiger partial charge in [-0.25, -0.2) is 18.1 Å². The van der Waals surface area contributed by atoms with Crippen molar-refractivity contribution in [3.63, 3.8) is 0 Å². The molecule has 3 aromatic rings. The number of benzene rings is 1. The van der Waals surface area contributed by atoms with Gasteiger partial charge in [-0.05, 0) is 38.1 Å². The molecule has 0 aliphatic heterocycles. The summed E-state index contributed by atoms with van der Waals surface area (Å²) in [7, 11) is -3.71. The highest BCUT2D eigenvalue weighted by Gasteiger charge is 2.16. The summed E-state index contributed by atoms with van der Waals surface area (Å²) in [6.45, 7) is 3.43. The number of carbonyl (C=O) groups is 1. The molecular formula is C17H17N3O3S. The molecule has 0 saturated carbocycles. The van der Waals surface area contributed by atoms with Crippen molar-refractivity contribution >= 4 is 21.5 Å². The molecule has 2 heterocycles. The number of Topliss-reactive ketones (excluding diaryl/α,β-unsaturated/α-hetero) is 1. The van der Waals surface area contributed by atoms with Crippen molar-refractivity contribution in [1.29, 1.82) is 0 Å². The van der Waals surface area contributed by atoms with Crippen LogP contribution in [0.15, 0.2) is 53.6 Å². The highest BCUT2D eigenvalue weighted by atomic mass is 32.2. The van der Waals surface area contributed by atoms with Crippen molar-refractivity contribution in [3.8, 4) is 0 Å². The van der Waals surface area contributed by atoms with E-state index in [0.29, 0.717) is 11.3 Å². The SMILES string of the molecule is CC(=O)c1cccc(S(=O)(=O)NCc2cn3c(C)cccc3n2)c1. The molecule has 124 valence electrons. The maximum atomic E-state index is 12.4. The van der Waals surface area contributed by atoms with Crippen molar-refractivity contribution in [2.75, 3.05) is 0 Å². The number of hydrogen-bond donors (Lipinski definition) is 1. The van der Waals surface area contributed by atoms with Crippen molar-refractivity contribution in [1.82, 2.24) is 14.1 Å². The Bertz CT molecular complexity index is 1020. The van der Waals surface area contributed by atoms with Crippen LogP contribution in [0.25, 0.3) is 5.65 Å². The van der Waals surface area contributed by atoms with Gasteiger partial charge in [0.25, 0.3) is 0 Å². The quantitative estimate of drug-likeness (QED) is 0.721. The fourth-order valence-corrected chi connectivity index (χ4v) is 3.46. The lowest BCUT2D eigenvalue weighted by molar-refractivity contribution is 0.101. The van der Waals surface area contributed by atoms with E-state index in [2.05, 4.69) is 9.71 Å². The summed E-state index contributed by atoms with van der Waals surface area (Å²) in [6, 6.07) is 11.7. The monoisotopic (exact) mass is 343 g/mol. The van der Waals surface area contributed by atoms with Crippen molar-refractivity contribution in [2.24, 2.45) is 0 Å². The molecule has 0 bridgehead atoms. The minimum Gasteiger partial charge on any atom is -0.304 e. The minimum atomic E-state index is -3.71. The summed E-state index contributed by atoms with van der Waals surface area (Å²) < 4.78 is 29.2. The fraction of sp³-hybridized carbons (Fsp3) is 0.176. The Labute approximate surface area is 140 Å². The van der Waals surface area contributed by atoms with Gasteiger partial charge in [-0.3, -0.25) is 4.79 Å². The van der Waals surface area contributed by atoms with E-state index in [1.165, 1.54) is 19.1 Å². The number of hydrogen-bond acceptors (Lipinski definition) is 4. The van der Waals surface area contributed by atoms with Crippen LogP contribution in [0.4, 0.5) is 0 Å². The number of imidazole rings is 1. The van der Waals surface area contributed by atoms with Crippen molar-refractivity contribution in [3.05, 3.63) is 65.6 Å². The van der Waals surface area contributed by atoms with E-state index in [9.17, 15) is 13.2 Å². The Morgan fingerprint density at radius 3 is 2.67 bits per heavy atom. The average Bonchev–Trinajstić information content (AvgIpc) is 2.98. The first-order valence-corrected chi connectivity index (χ1v) is 8.89. The van der Waals surface area contributed by atoms with Crippen LogP contribution in [0.5, 0.6) is 0 Å². The molecule has 0 fully saturated rings. The Balaban J connectivity index is 1.83. The third-order valence-electron chi connectivity index (χ3n) is 3.74. The Morgan fingerprint density at radius 2 is 1.96 bits per heavy atom. The summed E-state index contributed by atoms with van der Waals surface area (Å²) in [5.41, 5.74) is 2.77. The van der Waals surface area contributed by atoms with Crippen LogP contribution in [-0.4, -0.2) is 23.6 Å². The first-order valence-electron chi connectivity index (χ1n) is 7.41. The number of nitrogens with one attached hydrogen (secondary N) is 1. The highest BCUT2D eigenvalue weighted by molar-refractivity contribution is 7.89. The number of ketones is 1. The second kappa shape index (κ2) is 6.18. The van der Waals surface area contributed by atoms with Gasteiger partial charge in [0.15, 0.2) is 5.78 Å². The van der Waals surface area contributed by atoms with E-state index in [0.717, 1.165) is 11.3 Å². The minimum absolute atomic E-state index is 0.0649. The van der Waals surface area contributed by atoms with Crippen LogP contribution in [0, 0.1) is 6.92 Å². The molecule has 24 heavy (non-hydrogen) atoms. The van der Waals surface area contributed by atoms with Crippen LogP contribution in [0.2, 0.25) is 0 Å². The van der Waals surface area contributed by atoms with Gasteiger partial charge in [0.2, 0.25) is 10.0 Å². The normalized spacial score (nSPS) is 11.8. The molecule has 2 aromatic heterocycles. The predicted molar refractivity (Wildman–Crippen MR) is 90.4 cm³/mol. The number of rotatable bonds is 5. The molecule has 0 radical (unpaired) electrons. The van der Waals surface area contributed by atoms with Crippen molar-refractivity contribution < 1.29 is 13.2 Å². The van der Waals surface area contributed by atoms with E-state index in [4.69, 9.17) is 0 Å². The summed E-state index contributed by atoms with van der Waals surface area (Å²) in [5.74, 6) is -0.178. The topological polar surface area (TPSA) is 80.5 Å². The largest absolute Gasteiger partial charge is 0.304 e. The molecule has 7 heteroatoms. The van der Waals surface area contributed by atoms with E-state index < -0.39 is 10.0 Å². The summed E-state index contributed by atoms with van der Waals surface area (Å²) in [6.07, 6.45) is 1.80. The third-order valence-corrected chi connectivity index (χ3v) is 5.14. The molecule has 0 aliphatic carbocycles. The molecule has 6 nitrogen and oxygen atoms in total. The lowest BCUT2D eigenvalue weighted by Gasteiger charge is -2.06. The Morgan fingerprint density at radius 1 is 1.21 bits per heavy atom. The Hall–Kier alpha value is -2.51. The summed E-state index contributed by atoms with van der Waals surface area (Å²) >= 11 is 0. The number of sulfonamides is 1. The number of aromatic nitrogens is 2. The second-order valence-electron chi connectivity index (χ2n) is 5.54. The summed E-state index contributed by atoms with van der Waals surface area (Å²) in [5, 5.41) is 0. The zero-order chi connectivity index (χ0) is 17.3. The third kappa shape index (κ3) is 3.22. The molecule has 0 atom stereocenters. The molecule has 0 amide bonds. The van der Waals surface area contributed by atoms with E-state index in [1.54, 1.807) is 18.3 Å². The van der Waals surface area contributed by atoms with Gasteiger partial charge in [0.05, 0.1) is 17.1 Å². The molecule has 3 rings (SSSR count). The number of carbonyl (C=O) groups excluding carboxylic acids is 1. The molecule has 0 saturated heterocycles. The smallest absolute Gasteiger partial charge is 0.240 e. The molecule has 0 spiro atoms. The van der Waals surface area contributed by atoms with E-state index >= 15 is 0 Å². The van der Waals surface area contributed by atoms with Gasteiger partial charge in [-0.2, -0.15) is 0 Å². The van der Waals surface area contributed by atoms with Gasteiger partial charge in [-0.15, -0.1) is 0 Å². The van der Waals surface area contributed by atoms with E-state index in [1.807, 2.05) is 29.5 Å². The van der Waals surface area contributed by atoms with Crippen molar-refractivity contribution in [2.45, 2.75) is 25.3 Å². The highest BCUT2D eigenvalue weighted by Crippen LogP contribution is 2.13. The first kappa shape index (κ1) is 16.4. The standard InChI is InChI=1S/C17H17N3O3S/c1-12-5-3-8-17-19-15(11-20(12)17)10-18-24(22,23)16-7-4-6-14(9-16)13(2)21/h3-9,11,18H,10H2,1-2H3. The van der Waals surface area contributed by atoms with Crippen LogP contribution < -0.4 is 4.72 Å². The average molecular weight is 343 g/mol. The summed E-state index contributed by atoms with van der Waals surface area (Å²) in [4.78, 5) is 15.9. The van der Waals surface area contributed by atoms with Gasteiger partial charge in [-0.1, -0.05) is 18.2 Å². The molecule has 1 aromatic carbocycles. The van der Waals surface area contributed by atoms with Crippen LogP contribution >= 0.6 is 0 Å². The maximum Gasteiger partial charge on any atom is 0.240 e. The number of nitrogens with zero attached hydrogens (tertiary/aromatic N) is 2. The molecule has 0 unspecified atom stereocenters. The lowest BCUT2D eigenvalue weighted by Crippen LogP contribution is -2.23. The van der Waals surface area contributed by atoms with Gasteiger partial charge in [0.1, 0.15) is 5.65 Å².